The molecule has 0 aromatic carbocycles. The van der Waals surface area contributed by atoms with Crippen molar-refractivity contribution in [1.29, 1.82) is 0 Å². The fourth-order valence-electron chi connectivity index (χ4n) is 2.42. The Hall–Kier alpha value is -1.32. The molecule has 1 aromatic rings. The maximum Gasteiger partial charge on any atom is 0.226 e. The summed E-state index contributed by atoms with van der Waals surface area (Å²) in [6.45, 7) is 2.60. The Kier molecular flexibility index (Phi) is 5.24. The van der Waals surface area contributed by atoms with Crippen molar-refractivity contribution in [3.05, 3.63) is 12.3 Å². The van der Waals surface area contributed by atoms with E-state index in [-0.39, 0.29) is 0 Å². The van der Waals surface area contributed by atoms with Crippen molar-refractivity contribution in [2.45, 2.75) is 57.9 Å². The second-order valence-corrected chi connectivity index (χ2v) is 4.84. The number of aromatic nitrogens is 2. The average molecular weight is 249 g/mol. The summed E-state index contributed by atoms with van der Waals surface area (Å²) in [5.74, 6) is 1.35. The molecule has 1 saturated carbocycles. The maximum atomic E-state index is 5.39. The van der Waals surface area contributed by atoms with Crippen LogP contribution in [0.4, 0.5) is 5.95 Å². The van der Waals surface area contributed by atoms with Gasteiger partial charge in [0.15, 0.2) is 0 Å². The lowest BCUT2D eigenvalue weighted by Gasteiger charge is -2.21. The van der Waals surface area contributed by atoms with Crippen LogP contribution in [0, 0.1) is 0 Å². The molecule has 4 nitrogen and oxygen atoms in total. The number of nitrogens with one attached hydrogen (secondary N) is 1. The Labute approximate surface area is 109 Å². The van der Waals surface area contributed by atoms with Gasteiger partial charge in [0.1, 0.15) is 0 Å². The van der Waals surface area contributed by atoms with Gasteiger partial charge in [0.05, 0.1) is 6.61 Å². The van der Waals surface area contributed by atoms with Gasteiger partial charge in [-0.1, -0.05) is 32.1 Å². The van der Waals surface area contributed by atoms with Gasteiger partial charge < -0.3 is 10.1 Å². The number of rotatable bonds is 4. The lowest BCUT2D eigenvalue weighted by Crippen LogP contribution is -2.22. The van der Waals surface area contributed by atoms with Crippen molar-refractivity contribution >= 4 is 5.95 Å². The number of ether oxygens (including phenoxy) is 1. The van der Waals surface area contributed by atoms with Gasteiger partial charge in [-0.2, -0.15) is 4.98 Å². The van der Waals surface area contributed by atoms with E-state index in [1.807, 2.05) is 6.92 Å². The molecule has 1 aliphatic rings. The highest BCUT2D eigenvalue weighted by Gasteiger charge is 2.12. The number of nitrogens with zero attached hydrogens (tertiary/aromatic N) is 2. The molecule has 18 heavy (non-hydrogen) atoms. The summed E-state index contributed by atoms with van der Waals surface area (Å²) in [6, 6.07) is 2.31. The van der Waals surface area contributed by atoms with Gasteiger partial charge in [0.25, 0.3) is 0 Å². The minimum atomic E-state index is 0.516. The Balaban J connectivity index is 1.92. The smallest absolute Gasteiger partial charge is 0.226 e. The fourth-order valence-corrected chi connectivity index (χ4v) is 2.42. The molecule has 0 atom stereocenters. The van der Waals surface area contributed by atoms with Crippen LogP contribution in [0.3, 0.4) is 0 Å². The van der Waals surface area contributed by atoms with Crippen molar-refractivity contribution in [1.82, 2.24) is 9.97 Å². The monoisotopic (exact) mass is 249 g/mol. The van der Waals surface area contributed by atoms with Gasteiger partial charge in [0, 0.05) is 18.3 Å². The first-order chi connectivity index (χ1) is 8.88. The van der Waals surface area contributed by atoms with E-state index >= 15 is 0 Å². The molecule has 0 bridgehead atoms. The summed E-state index contributed by atoms with van der Waals surface area (Å²) < 4.78 is 5.39. The molecule has 0 saturated heterocycles. The quantitative estimate of drug-likeness (QED) is 0.888. The van der Waals surface area contributed by atoms with Gasteiger partial charge in [-0.15, -0.1) is 0 Å². The van der Waals surface area contributed by atoms with Crippen LogP contribution in [0.5, 0.6) is 5.88 Å². The predicted molar refractivity (Wildman–Crippen MR) is 72.9 cm³/mol. The highest BCUT2D eigenvalue weighted by Crippen LogP contribution is 2.20. The summed E-state index contributed by atoms with van der Waals surface area (Å²) >= 11 is 0. The third-order valence-corrected chi connectivity index (χ3v) is 3.36. The first-order valence-electron chi connectivity index (χ1n) is 7.11. The first-order valence-corrected chi connectivity index (χ1v) is 7.11. The van der Waals surface area contributed by atoms with E-state index in [0.717, 1.165) is 0 Å². The van der Waals surface area contributed by atoms with Crippen molar-refractivity contribution in [3.63, 3.8) is 0 Å². The molecule has 1 heterocycles. The molecule has 1 N–H and O–H groups in total. The average Bonchev–Trinajstić information content (AvgIpc) is 2.33. The maximum absolute atomic E-state index is 5.39. The van der Waals surface area contributed by atoms with Crippen molar-refractivity contribution in [2.24, 2.45) is 0 Å². The summed E-state index contributed by atoms with van der Waals surface area (Å²) in [7, 11) is 0. The van der Waals surface area contributed by atoms with Gasteiger partial charge in [-0.05, 0) is 19.8 Å². The molecule has 1 fully saturated rings. The second kappa shape index (κ2) is 7.19. The van der Waals surface area contributed by atoms with Gasteiger partial charge in [0.2, 0.25) is 11.8 Å². The molecule has 0 unspecified atom stereocenters. The van der Waals surface area contributed by atoms with Crippen LogP contribution in [-0.4, -0.2) is 22.6 Å². The summed E-state index contributed by atoms with van der Waals surface area (Å²) in [5, 5.41) is 3.45. The van der Waals surface area contributed by atoms with Crippen LogP contribution < -0.4 is 10.1 Å². The van der Waals surface area contributed by atoms with E-state index in [1.165, 1.54) is 44.9 Å². The third-order valence-electron chi connectivity index (χ3n) is 3.36. The van der Waals surface area contributed by atoms with E-state index in [0.29, 0.717) is 24.5 Å². The zero-order valence-corrected chi connectivity index (χ0v) is 11.2. The van der Waals surface area contributed by atoms with E-state index in [4.69, 9.17) is 4.74 Å². The van der Waals surface area contributed by atoms with E-state index < -0.39 is 0 Å². The van der Waals surface area contributed by atoms with Crippen LogP contribution in [0.2, 0.25) is 0 Å². The Morgan fingerprint density at radius 3 is 2.67 bits per heavy atom. The number of hydrogen-bond donors (Lipinski definition) is 1. The Morgan fingerprint density at radius 1 is 1.22 bits per heavy atom. The molecule has 0 aliphatic heterocycles. The highest BCUT2D eigenvalue weighted by atomic mass is 16.5. The summed E-state index contributed by atoms with van der Waals surface area (Å²) in [5.41, 5.74) is 0. The lowest BCUT2D eigenvalue weighted by atomic mass is 9.97. The van der Waals surface area contributed by atoms with Crippen LogP contribution in [0.1, 0.15) is 51.9 Å². The Bertz CT molecular complexity index is 349. The zero-order chi connectivity index (χ0) is 12.6. The van der Waals surface area contributed by atoms with Crippen LogP contribution in [0.25, 0.3) is 0 Å². The summed E-state index contributed by atoms with van der Waals surface area (Å²) in [4.78, 5) is 8.63. The van der Waals surface area contributed by atoms with Gasteiger partial charge in [-0.25, -0.2) is 4.98 Å². The topological polar surface area (TPSA) is 47.0 Å². The fraction of sp³-hybridized carbons (Fsp3) is 0.714. The van der Waals surface area contributed by atoms with Gasteiger partial charge >= 0.3 is 0 Å². The Morgan fingerprint density at radius 2 is 1.94 bits per heavy atom. The molecule has 1 aliphatic carbocycles. The number of anilines is 1. The minimum absolute atomic E-state index is 0.516. The van der Waals surface area contributed by atoms with Crippen molar-refractivity contribution in [2.75, 3.05) is 11.9 Å². The SMILES string of the molecule is CCOc1ccnc(NC2CCCCCCC2)n1. The molecule has 0 spiro atoms. The predicted octanol–water partition coefficient (Wildman–Crippen LogP) is 3.40. The molecule has 2 rings (SSSR count). The lowest BCUT2D eigenvalue weighted by molar-refractivity contribution is 0.326. The summed E-state index contributed by atoms with van der Waals surface area (Å²) in [6.07, 6.45) is 10.9. The highest BCUT2D eigenvalue weighted by molar-refractivity contribution is 5.28. The van der Waals surface area contributed by atoms with Crippen LogP contribution >= 0.6 is 0 Å². The van der Waals surface area contributed by atoms with Crippen molar-refractivity contribution in [3.8, 4) is 5.88 Å². The van der Waals surface area contributed by atoms with Crippen LogP contribution in [0.15, 0.2) is 12.3 Å². The van der Waals surface area contributed by atoms with E-state index in [9.17, 15) is 0 Å². The second-order valence-electron chi connectivity index (χ2n) is 4.84. The minimum Gasteiger partial charge on any atom is -0.478 e. The van der Waals surface area contributed by atoms with Crippen molar-refractivity contribution < 1.29 is 4.74 Å². The molecule has 4 heteroatoms. The molecule has 0 radical (unpaired) electrons. The molecule has 0 amide bonds. The molecular weight excluding hydrogens is 226 g/mol. The number of hydrogen-bond acceptors (Lipinski definition) is 4. The van der Waals surface area contributed by atoms with E-state index in [1.54, 1.807) is 12.3 Å². The first kappa shape index (κ1) is 13.1. The standard InChI is InChI=1S/C14H23N3O/c1-2-18-13-10-11-15-14(17-13)16-12-8-6-4-3-5-7-9-12/h10-12H,2-9H2,1H3,(H,15,16,17). The van der Waals surface area contributed by atoms with E-state index in [2.05, 4.69) is 15.3 Å². The molecule has 100 valence electrons. The third kappa shape index (κ3) is 4.17. The van der Waals surface area contributed by atoms with Gasteiger partial charge in [-0.3, -0.25) is 0 Å². The molecule has 1 aromatic heterocycles. The molecular formula is C14H23N3O. The normalized spacial score (nSPS) is 17.8. The van der Waals surface area contributed by atoms with Crippen LogP contribution in [-0.2, 0) is 0 Å². The zero-order valence-electron chi connectivity index (χ0n) is 11.2. The largest absolute Gasteiger partial charge is 0.478 e.